The zero-order valence-electron chi connectivity index (χ0n) is 17.0. The molecule has 152 valence electrons. The van der Waals surface area contributed by atoms with Crippen molar-refractivity contribution in [1.29, 1.82) is 0 Å². The van der Waals surface area contributed by atoms with Crippen molar-refractivity contribution in [3.8, 4) is 5.75 Å². The lowest BCUT2D eigenvalue weighted by Crippen LogP contribution is -2.09. The summed E-state index contributed by atoms with van der Waals surface area (Å²) in [5.41, 5.74) is 9.40. The van der Waals surface area contributed by atoms with Crippen molar-refractivity contribution < 1.29 is 9.13 Å². The quantitative estimate of drug-likeness (QED) is 0.595. The number of ether oxygens (including phenoxy) is 1. The van der Waals surface area contributed by atoms with Crippen LogP contribution in [0.1, 0.15) is 31.9 Å². The van der Waals surface area contributed by atoms with Crippen LogP contribution >= 0.6 is 0 Å². The minimum Gasteiger partial charge on any atom is -0.496 e. The summed E-state index contributed by atoms with van der Waals surface area (Å²) >= 11 is 0. The second kappa shape index (κ2) is 8.72. The SMILES string of the molecule is COc1cccc(F)c1CNc1ccc(C(=CN)C(C)=NC(C)C)c2nncn12. The Morgan fingerprint density at radius 1 is 1.34 bits per heavy atom. The van der Waals surface area contributed by atoms with Gasteiger partial charge in [0, 0.05) is 41.2 Å². The average Bonchev–Trinajstić information content (AvgIpc) is 3.18. The Labute approximate surface area is 169 Å². The minimum absolute atomic E-state index is 0.149. The molecule has 0 aliphatic carbocycles. The summed E-state index contributed by atoms with van der Waals surface area (Å²) in [6, 6.07) is 8.69. The fraction of sp³-hybridized carbons (Fsp3) is 0.286. The average molecular weight is 396 g/mol. The summed E-state index contributed by atoms with van der Waals surface area (Å²) in [6.07, 6.45) is 3.13. The van der Waals surface area contributed by atoms with E-state index in [9.17, 15) is 4.39 Å². The molecule has 0 aliphatic heterocycles. The molecule has 29 heavy (non-hydrogen) atoms. The zero-order valence-corrected chi connectivity index (χ0v) is 17.0. The highest BCUT2D eigenvalue weighted by Gasteiger charge is 2.15. The van der Waals surface area contributed by atoms with Gasteiger partial charge in [0.25, 0.3) is 0 Å². The number of hydrogen-bond donors (Lipinski definition) is 2. The molecule has 0 saturated carbocycles. The molecule has 3 N–H and O–H groups in total. The third-order valence-corrected chi connectivity index (χ3v) is 4.50. The highest BCUT2D eigenvalue weighted by molar-refractivity contribution is 6.24. The van der Waals surface area contributed by atoms with Crippen LogP contribution < -0.4 is 15.8 Å². The summed E-state index contributed by atoms with van der Waals surface area (Å²) in [5.74, 6) is 0.874. The number of aromatic nitrogens is 3. The number of allylic oxidation sites excluding steroid dienone is 1. The van der Waals surface area contributed by atoms with E-state index < -0.39 is 0 Å². The number of nitrogens with two attached hydrogens (primary N) is 1. The van der Waals surface area contributed by atoms with Gasteiger partial charge in [-0.25, -0.2) is 4.39 Å². The minimum atomic E-state index is -0.331. The van der Waals surface area contributed by atoms with Gasteiger partial charge in [-0.15, -0.1) is 10.2 Å². The number of nitrogens with one attached hydrogen (secondary N) is 1. The van der Waals surface area contributed by atoms with E-state index >= 15 is 0 Å². The van der Waals surface area contributed by atoms with Gasteiger partial charge in [-0.05, 0) is 45.0 Å². The predicted molar refractivity (Wildman–Crippen MR) is 114 cm³/mol. The predicted octanol–water partition coefficient (Wildman–Crippen LogP) is 3.66. The number of pyridine rings is 1. The number of nitrogens with zero attached hydrogens (tertiary/aromatic N) is 4. The molecule has 0 atom stereocenters. The Morgan fingerprint density at radius 2 is 2.14 bits per heavy atom. The maximum atomic E-state index is 14.2. The number of methoxy groups -OCH3 is 1. The molecule has 0 saturated heterocycles. The number of aliphatic imine (C=N–C) groups is 1. The third kappa shape index (κ3) is 4.21. The van der Waals surface area contributed by atoms with Crippen LogP contribution in [0, 0.1) is 5.82 Å². The molecule has 0 unspecified atom stereocenters. The Hall–Kier alpha value is -3.42. The van der Waals surface area contributed by atoms with E-state index in [1.807, 2.05) is 32.9 Å². The normalized spacial score (nSPS) is 12.6. The van der Waals surface area contributed by atoms with Gasteiger partial charge in [-0.1, -0.05) is 6.07 Å². The van der Waals surface area contributed by atoms with Crippen LogP contribution in [-0.4, -0.2) is 33.5 Å². The first-order chi connectivity index (χ1) is 14.0. The lowest BCUT2D eigenvalue weighted by Gasteiger charge is -2.15. The van der Waals surface area contributed by atoms with Crippen LogP contribution in [0.4, 0.5) is 10.2 Å². The molecule has 7 nitrogen and oxygen atoms in total. The van der Waals surface area contributed by atoms with Gasteiger partial charge in [-0.2, -0.15) is 0 Å². The van der Waals surface area contributed by atoms with Crippen molar-refractivity contribution in [3.05, 3.63) is 59.8 Å². The molecule has 1 aromatic carbocycles. The van der Waals surface area contributed by atoms with Crippen molar-refractivity contribution in [3.63, 3.8) is 0 Å². The maximum Gasteiger partial charge on any atom is 0.170 e. The molecule has 2 aromatic heterocycles. The number of halogens is 1. The van der Waals surface area contributed by atoms with E-state index in [4.69, 9.17) is 10.5 Å². The topological polar surface area (TPSA) is 89.8 Å². The second-order valence-corrected chi connectivity index (χ2v) is 6.82. The summed E-state index contributed by atoms with van der Waals surface area (Å²) in [4.78, 5) is 4.58. The Morgan fingerprint density at radius 3 is 2.83 bits per heavy atom. The molecule has 8 heteroatoms. The van der Waals surface area contributed by atoms with E-state index in [0.29, 0.717) is 22.8 Å². The Balaban J connectivity index is 1.96. The van der Waals surface area contributed by atoms with Gasteiger partial charge in [0.2, 0.25) is 0 Å². The summed E-state index contributed by atoms with van der Waals surface area (Å²) in [5, 5.41) is 11.5. The first kappa shape index (κ1) is 20.3. The van der Waals surface area contributed by atoms with E-state index in [0.717, 1.165) is 16.8 Å². The zero-order chi connectivity index (χ0) is 21.0. The van der Waals surface area contributed by atoms with E-state index in [1.54, 1.807) is 22.9 Å². The molecule has 0 spiro atoms. The van der Waals surface area contributed by atoms with Gasteiger partial charge in [0.1, 0.15) is 23.7 Å². The van der Waals surface area contributed by atoms with Crippen LogP contribution in [0.15, 0.2) is 47.9 Å². The molecule has 0 radical (unpaired) electrons. The standard InChI is InChI=1S/C21H25FN6O/c1-13(2)26-14(3)16(10-23)15-8-9-20(28-12-25-27-21(15)28)24-11-17-18(22)6-5-7-19(17)29-4/h5-10,12-13,24H,11,23H2,1-4H3. The lowest BCUT2D eigenvalue weighted by molar-refractivity contribution is 0.405. The molecule has 3 rings (SSSR count). The molecule has 0 fully saturated rings. The molecule has 0 amide bonds. The Bertz CT molecular complexity index is 1070. The number of benzene rings is 1. The number of fused-ring (bicyclic) bond motifs is 1. The first-order valence-corrected chi connectivity index (χ1v) is 9.31. The van der Waals surface area contributed by atoms with Crippen LogP contribution in [0.25, 0.3) is 11.2 Å². The molecular weight excluding hydrogens is 371 g/mol. The second-order valence-electron chi connectivity index (χ2n) is 6.82. The van der Waals surface area contributed by atoms with E-state index in [-0.39, 0.29) is 18.4 Å². The van der Waals surface area contributed by atoms with Gasteiger partial charge < -0.3 is 15.8 Å². The molecular formula is C21H25FN6O. The first-order valence-electron chi connectivity index (χ1n) is 9.31. The van der Waals surface area contributed by atoms with Crippen LogP contribution in [0.3, 0.4) is 0 Å². The van der Waals surface area contributed by atoms with Crippen molar-refractivity contribution in [2.24, 2.45) is 10.7 Å². The van der Waals surface area contributed by atoms with Crippen molar-refractivity contribution >= 4 is 22.7 Å². The summed E-state index contributed by atoms with van der Waals surface area (Å²) in [7, 11) is 1.52. The molecule has 0 bridgehead atoms. The van der Waals surface area contributed by atoms with E-state index in [2.05, 4.69) is 20.5 Å². The van der Waals surface area contributed by atoms with Crippen molar-refractivity contribution in [1.82, 2.24) is 14.6 Å². The number of anilines is 1. The fourth-order valence-electron chi connectivity index (χ4n) is 3.21. The highest BCUT2D eigenvalue weighted by Crippen LogP contribution is 2.26. The van der Waals surface area contributed by atoms with Crippen LogP contribution in [0.5, 0.6) is 5.75 Å². The highest BCUT2D eigenvalue weighted by atomic mass is 19.1. The van der Waals surface area contributed by atoms with Crippen LogP contribution in [-0.2, 0) is 6.54 Å². The number of rotatable bonds is 7. The largest absolute Gasteiger partial charge is 0.496 e. The maximum absolute atomic E-state index is 14.2. The third-order valence-electron chi connectivity index (χ3n) is 4.50. The van der Waals surface area contributed by atoms with Gasteiger partial charge >= 0.3 is 0 Å². The molecule has 3 aromatic rings. The number of hydrogen-bond acceptors (Lipinski definition) is 6. The fourth-order valence-corrected chi connectivity index (χ4v) is 3.21. The van der Waals surface area contributed by atoms with E-state index in [1.165, 1.54) is 19.4 Å². The van der Waals surface area contributed by atoms with Gasteiger partial charge in [0.15, 0.2) is 5.65 Å². The van der Waals surface area contributed by atoms with Gasteiger partial charge in [-0.3, -0.25) is 9.39 Å². The molecule has 0 aliphatic rings. The van der Waals surface area contributed by atoms with Crippen molar-refractivity contribution in [2.45, 2.75) is 33.4 Å². The van der Waals surface area contributed by atoms with Gasteiger partial charge in [0.05, 0.1) is 7.11 Å². The van der Waals surface area contributed by atoms with Crippen molar-refractivity contribution in [2.75, 3.05) is 12.4 Å². The molecule has 2 heterocycles. The summed E-state index contributed by atoms with van der Waals surface area (Å²) in [6.45, 7) is 6.18. The lowest BCUT2D eigenvalue weighted by atomic mass is 10.0. The summed E-state index contributed by atoms with van der Waals surface area (Å²) < 4.78 is 21.3. The smallest absolute Gasteiger partial charge is 0.170 e. The monoisotopic (exact) mass is 396 g/mol. The van der Waals surface area contributed by atoms with Crippen LogP contribution in [0.2, 0.25) is 0 Å². The Kier molecular flexibility index (Phi) is 6.11.